The molecule has 2 aromatic rings. The van der Waals surface area contributed by atoms with E-state index in [2.05, 4.69) is 6.92 Å². The molecule has 0 radical (unpaired) electrons. The maximum absolute atomic E-state index is 6.03. The van der Waals surface area contributed by atoms with Crippen LogP contribution in [0.15, 0.2) is 48.5 Å². The van der Waals surface area contributed by atoms with E-state index in [1.807, 2.05) is 48.5 Å². The van der Waals surface area contributed by atoms with E-state index in [1.165, 1.54) is 32.1 Å². The van der Waals surface area contributed by atoms with Crippen LogP contribution in [0.1, 0.15) is 51.9 Å². The average molecular weight is 342 g/mol. The molecule has 0 bridgehead atoms. The Morgan fingerprint density at radius 1 is 0.800 bits per heavy atom. The third-order valence-electron chi connectivity index (χ3n) is 4.12. The zero-order valence-electron chi connectivity index (χ0n) is 15.1. The summed E-state index contributed by atoms with van der Waals surface area (Å²) in [5, 5.41) is 0. The smallest absolute Gasteiger partial charge is 0.241 e. The quantitative estimate of drug-likeness (QED) is 0.326. The van der Waals surface area contributed by atoms with E-state index in [-0.39, 0.29) is 6.29 Å². The van der Waals surface area contributed by atoms with Crippen LogP contribution in [-0.4, -0.2) is 6.29 Å². The zero-order valence-corrected chi connectivity index (χ0v) is 15.1. The van der Waals surface area contributed by atoms with E-state index < -0.39 is 0 Å². The third kappa shape index (κ3) is 6.96. The lowest BCUT2D eigenvalue weighted by atomic mass is 10.1. The van der Waals surface area contributed by atoms with Crippen molar-refractivity contribution in [2.75, 3.05) is 11.5 Å². The molecule has 4 heteroatoms. The molecular formula is C21H30N2O2. The number of benzene rings is 2. The Bertz CT molecular complexity index is 614. The minimum absolute atomic E-state index is 0.362. The molecule has 1 unspecified atom stereocenters. The van der Waals surface area contributed by atoms with Crippen molar-refractivity contribution in [2.45, 2.75) is 58.2 Å². The van der Waals surface area contributed by atoms with E-state index in [1.54, 1.807) is 0 Å². The number of hydrogen-bond acceptors (Lipinski definition) is 4. The van der Waals surface area contributed by atoms with Crippen molar-refractivity contribution in [1.82, 2.24) is 0 Å². The number of unbranched alkanes of at least 4 members (excludes halogenated alkanes) is 5. The van der Waals surface area contributed by atoms with Crippen molar-refractivity contribution in [1.29, 1.82) is 0 Å². The average Bonchev–Trinajstić information content (AvgIpc) is 2.61. The predicted molar refractivity (Wildman–Crippen MR) is 105 cm³/mol. The Morgan fingerprint density at radius 2 is 1.48 bits per heavy atom. The van der Waals surface area contributed by atoms with Gasteiger partial charge in [0.1, 0.15) is 11.5 Å². The van der Waals surface area contributed by atoms with Crippen molar-refractivity contribution in [3.63, 3.8) is 0 Å². The van der Waals surface area contributed by atoms with Gasteiger partial charge >= 0.3 is 0 Å². The molecule has 4 N–H and O–H groups in total. The zero-order chi connectivity index (χ0) is 17.9. The number of para-hydroxylation sites is 2. The highest BCUT2D eigenvalue weighted by Gasteiger charge is 2.14. The molecule has 0 saturated heterocycles. The highest BCUT2D eigenvalue weighted by atomic mass is 16.7. The van der Waals surface area contributed by atoms with Gasteiger partial charge in [-0.05, 0) is 42.8 Å². The molecule has 0 aromatic heterocycles. The van der Waals surface area contributed by atoms with Crippen LogP contribution in [0.3, 0.4) is 0 Å². The highest BCUT2D eigenvalue weighted by Crippen LogP contribution is 2.25. The molecule has 1 atom stereocenters. The molecular weight excluding hydrogens is 312 g/mol. The number of ether oxygens (including phenoxy) is 2. The second-order valence-corrected chi connectivity index (χ2v) is 6.33. The molecule has 0 heterocycles. The summed E-state index contributed by atoms with van der Waals surface area (Å²) in [7, 11) is 0. The summed E-state index contributed by atoms with van der Waals surface area (Å²) in [5.74, 6) is 1.41. The maximum atomic E-state index is 6.03. The van der Waals surface area contributed by atoms with E-state index in [9.17, 15) is 0 Å². The Hall–Kier alpha value is -2.36. The van der Waals surface area contributed by atoms with Crippen LogP contribution in [0.4, 0.5) is 11.4 Å². The van der Waals surface area contributed by atoms with E-state index >= 15 is 0 Å². The third-order valence-corrected chi connectivity index (χ3v) is 4.12. The van der Waals surface area contributed by atoms with Crippen molar-refractivity contribution in [3.8, 4) is 11.5 Å². The molecule has 0 aliphatic heterocycles. The summed E-state index contributed by atoms with van der Waals surface area (Å²) >= 11 is 0. The van der Waals surface area contributed by atoms with Crippen molar-refractivity contribution >= 4 is 11.4 Å². The Labute approximate surface area is 151 Å². The van der Waals surface area contributed by atoms with Crippen LogP contribution in [-0.2, 0) is 0 Å². The van der Waals surface area contributed by atoms with E-state index in [0.717, 1.165) is 18.6 Å². The number of nitrogen functional groups attached to an aromatic ring is 2. The number of anilines is 2. The summed E-state index contributed by atoms with van der Waals surface area (Å²) in [6, 6.07) is 14.9. The predicted octanol–water partition coefficient (Wildman–Crippen LogP) is 5.39. The summed E-state index contributed by atoms with van der Waals surface area (Å²) in [6.45, 7) is 2.23. The molecule has 0 fully saturated rings. The van der Waals surface area contributed by atoms with E-state index in [4.69, 9.17) is 20.9 Å². The van der Waals surface area contributed by atoms with Crippen molar-refractivity contribution in [2.24, 2.45) is 0 Å². The standard InChI is InChI=1S/C21H30N2O2/c1-2-3-4-5-6-7-12-21(24-18-15-13-17(22)14-16-18)25-20-11-9-8-10-19(20)23/h8-11,13-16,21H,2-7,12,22-23H2,1H3. The summed E-state index contributed by atoms with van der Waals surface area (Å²) in [6.07, 6.45) is 7.85. The topological polar surface area (TPSA) is 70.5 Å². The summed E-state index contributed by atoms with van der Waals surface area (Å²) in [4.78, 5) is 0. The van der Waals surface area contributed by atoms with Gasteiger partial charge in [0.25, 0.3) is 0 Å². The van der Waals surface area contributed by atoms with Gasteiger partial charge in [-0.15, -0.1) is 0 Å². The largest absolute Gasteiger partial charge is 0.455 e. The molecule has 25 heavy (non-hydrogen) atoms. The van der Waals surface area contributed by atoms with Crippen LogP contribution in [0, 0.1) is 0 Å². The molecule has 0 aliphatic rings. The fourth-order valence-electron chi connectivity index (χ4n) is 2.66. The molecule has 2 rings (SSSR count). The van der Waals surface area contributed by atoms with Crippen LogP contribution >= 0.6 is 0 Å². The lowest BCUT2D eigenvalue weighted by Gasteiger charge is -2.21. The van der Waals surface area contributed by atoms with Gasteiger partial charge in [0, 0.05) is 12.1 Å². The van der Waals surface area contributed by atoms with Crippen molar-refractivity contribution in [3.05, 3.63) is 48.5 Å². The van der Waals surface area contributed by atoms with Gasteiger partial charge in [0.05, 0.1) is 5.69 Å². The summed E-state index contributed by atoms with van der Waals surface area (Å²) < 4.78 is 12.1. The maximum Gasteiger partial charge on any atom is 0.241 e. The van der Waals surface area contributed by atoms with Gasteiger partial charge in [-0.2, -0.15) is 0 Å². The molecule has 0 spiro atoms. The molecule has 0 aliphatic carbocycles. The van der Waals surface area contributed by atoms with E-state index in [0.29, 0.717) is 17.1 Å². The second-order valence-electron chi connectivity index (χ2n) is 6.33. The Kier molecular flexibility index (Phi) is 7.96. The second kappa shape index (κ2) is 10.5. The first kappa shape index (κ1) is 19.0. The Balaban J connectivity index is 1.93. The first-order chi connectivity index (χ1) is 12.2. The van der Waals surface area contributed by atoms with Gasteiger partial charge in [-0.1, -0.05) is 51.2 Å². The SMILES string of the molecule is CCCCCCCCC(Oc1ccc(N)cc1)Oc1ccccc1N. The minimum atomic E-state index is -0.362. The molecule has 136 valence electrons. The number of rotatable bonds is 11. The first-order valence-electron chi connectivity index (χ1n) is 9.22. The normalized spacial score (nSPS) is 11.9. The lowest BCUT2D eigenvalue weighted by Crippen LogP contribution is -2.24. The number of nitrogens with two attached hydrogens (primary N) is 2. The van der Waals surface area contributed by atoms with Gasteiger partial charge in [-0.25, -0.2) is 0 Å². The molecule has 4 nitrogen and oxygen atoms in total. The minimum Gasteiger partial charge on any atom is -0.455 e. The molecule has 2 aromatic carbocycles. The Morgan fingerprint density at radius 3 is 2.20 bits per heavy atom. The van der Waals surface area contributed by atoms with Crippen LogP contribution < -0.4 is 20.9 Å². The van der Waals surface area contributed by atoms with Gasteiger partial charge in [0.15, 0.2) is 0 Å². The molecule has 0 amide bonds. The van der Waals surface area contributed by atoms with Crippen molar-refractivity contribution < 1.29 is 9.47 Å². The summed E-state index contributed by atoms with van der Waals surface area (Å²) in [5.41, 5.74) is 13.1. The van der Waals surface area contributed by atoms with Crippen LogP contribution in [0.2, 0.25) is 0 Å². The fraction of sp³-hybridized carbons (Fsp3) is 0.429. The number of hydrogen-bond donors (Lipinski definition) is 2. The van der Waals surface area contributed by atoms with Gasteiger partial charge in [0.2, 0.25) is 6.29 Å². The first-order valence-corrected chi connectivity index (χ1v) is 9.22. The monoisotopic (exact) mass is 342 g/mol. The van der Waals surface area contributed by atoms with Crippen LogP contribution in [0.25, 0.3) is 0 Å². The fourth-order valence-corrected chi connectivity index (χ4v) is 2.66. The van der Waals surface area contributed by atoms with Crippen LogP contribution in [0.5, 0.6) is 11.5 Å². The molecule has 0 saturated carbocycles. The highest BCUT2D eigenvalue weighted by molar-refractivity contribution is 5.51. The lowest BCUT2D eigenvalue weighted by molar-refractivity contribution is -0.00189. The van der Waals surface area contributed by atoms with Gasteiger partial charge < -0.3 is 20.9 Å². The van der Waals surface area contributed by atoms with Gasteiger partial charge in [-0.3, -0.25) is 0 Å².